The van der Waals surface area contributed by atoms with Gasteiger partial charge in [0, 0.05) is 32.1 Å². The predicted octanol–water partition coefficient (Wildman–Crippen LogP) is 5.08. The van der Waals surface area contributed by atoms with Gasteiger partial charge < -0.3 is 45.1 Å². The Morgan fingerprint density at radius 3 is 1.67 bits per heavy atom. The van der Waals surface area contributed by atoms with Gasteiger partial charge in [0.25, 0.3) is 0 Å². The Hall–Kier alpha value is -4.40. The average molecular weight is 816 g/mol. The molecule has 15 nitrogen and oxygen atoms in total. The van der Waals surface area contributed by atoms with E-state index >= 15 is 0 Å². The second-order valence-corrected chi connectivity index (χ2v) is 18.4. The molecule has 2 fully saturated rings. The molecule has 0 saturated carbocycles. The average Bonchev–Trinajstić information content (AvgIpc) is 3.15. The highest BCUT2D eigenvalue weighted by Crippen LogP contribution is 2.30. The molecule has 2 aliphatic rings. The first kappa shape index (κ1) is 48.0. The van der Waals surface area contributed by atoms with Crippen molar-refractivity contribution in [3.63, 3.8) is 0 Å². The molecule has 0 bridgehead atoms. The van der Waals surface area contributed by atoms with E-state index in [0.29, 0.717) is 50.9 Å². The number of nitrogens with one attached hydrogen (secondary N) is 3. The summed E-state index contributed by atoms with van der Waals surface area (Å²) in [5.41, 5.74) is -1.40. The minimum Gasteiger partial charge on any atom is -0.461 e. The fourth-order valence-electron chi connectivity index (χ4n) is 6.93. The zero-order chi connectivity index (χ0) is 43.1. The Kier molecular flexibility index (Phi) is 18.3. The first-order chi connectivity index (χ1) is 27.1. The Bertz CT molecular complexity index is 1460. The molecule has 2 aliphatic heterocycles. The van der Waals surface area contributed by atoms with Gasteiger partial charge in [0.05, 0.1) is 25.1 Å². The number of benzene rings is 1. The molecule has 0 spiro atoms. The number of hydrogen-bond acceptors (Lipinski definition) is 10. The van der Waals surface area contributed by atoms with E-state index in [4.69, 9.17) is 14.2 Å². The summed E-state index contributed by atoms with van der Waals surface area (Å²) < 4.78 is 16.5. The van der Waals surface area contributed by atoms with Crippen LogP contribution in [0.3, 0.4) is 0 Å². The zero-order valence-electron chi connectivity index (χ0n) is 36.0. The van der Waals surface area contributed by atoms with Gasteiger partial charge in [-0.05, 0) is 124 Å². The molecule has 1 atom stereocenters. The molecule has 0 aliphatic carbocycles. The largest absolute Gasteiger partial charge is 0.461 e. The van der Waals surface area contributed by atoms with Gasteiger partial charge >= 0.3 is 18.2 Å². The Morgan fingerprint density at radius 1 is 0.741 bits per heavy atom. The number of piperidine rings is 2. The van der Waals surface area contributed by atoms with Crippen LogP contribution < -0.4 is 16.0 Å². The summed E-state index contributed by atoms with van der Waals surface area (Å²) in [6.45, 7) is 15.8. The van der Waals surface area contributed by atoms with Crippen molar-refractivity contribution in [1.29, 1.82) is 0 Å². The van der Waals surface area contributed by atoms with E-state index in [2.05, 4.69) is 16.0 Å². The lowest BCUT2D eigenvalue weighted by Crippen LogP contribution is -2.56. The third-order valence-electron chi connectivity index (χ3n) is 10.3. The number of ether oxygens (including phenoxy) is 3. The minimum atomic E-state index is -1.31. The molecular weight excluding hydrogens is 746 g/mol. The van der Waals surface area contributed by atoms with Crippen LogP contribution in [0.1, 0.15) is 119 Å². The van der Waals surface area contributed by atoms with Crippen molar-refractivity contribution in [1.82, 2.24) is 25.8 Å². The SMILES string of the molecule is CC(C)(CO)NC(=O)C(CC(=O)OCc1ccccc1)NC(=O)CNC(=O)C(CCC1CCN(C(=O)OC(C)(C)C)CC1)CCC1CCN(C(=O)OC(C)(C)C)CC1. The van der Waals surface area contributed by atoms with E-state index in [9.17, 15) is 33.9 Å². The van der Waals surface area contributed by atoms with Crippen LogP contribution >= 0.6 is 0 Å². The number of carbonyl (C=O) groups excluding carboxylic acids is 6. The maximum absolute atomic E-state index is 13.8. The highest BCUT2D eigenvalue weighted by molar-refractivity contribution is 5.93. The number of rotatable bonds is 17. The molecule has 0 radical (unpaired) electrons. The van der Waals surface area contributed by atoms with Crippen LogP contribution in [0.4, 0.5) is 9.59 Å². The maximum Gasteiger partial charge on any atom is 0.410 e. The number of esters is 1. The van der Waals surface area contributed by atoms with Crippen molar-refractivity contribution in [2.45, 2.75) is 143 Å². The van der Waals surface area contributed by atoms with Crippen molar-refractivity contribution >= 4 is 35.9 Å². The molecule has 2 saturated heterocycles. The van der Waals surface area contributed by atoms with E-state index in [1.165, 1.54) is 0 Å². The summed E-state index contributed by atoms with van der Waals surface area (Å²) in [5.74, 6) is -2.08. The van der Waals surface area contributed by atoms with Gasteiger partial charge in [-0.1, -0.05) is 30.3 Å². The van der Waals surface area contributed by atoms with Crippen LogP contribution in [0.2, 0.25) is 0 Å². The number of carbonyl (C=O) groups is 6. The van der Waals surface area contributed by atoms with Crippen LogP contribution in [0.15, 0.2) is 30.3 Å². The maximum atomic E-state index is 13.8. The topological polar surface area (TPSA) is 193 Å². The van der Waals surface area contributed by atoms with Crippen LogP contribution in [0, 0.1) is 17.8 Å². The van der Waals surface area contributed by atoms with Crippen LogP contribution in [0.5, 0.6) is 0 Å². The molecule has 1 aromatic rings. The minimum absolute atomic E-state index is 0.00670. The van der Waals surface area contributed by atoms with Crippen molar-refractivity contribution in [2.75, 3.05) is 39.3 Å². The molecule has 4 N–H and O–H groups in total. The quantitative estimate of drug-likeness (QED) is 0.122. The predicted molar refractivity (Wildman–Crippen MR) is 218 cm³/mol. The Morgan fingerprint density at radius 2 is 1.22 bits per heavy atom. The molecule has 15 heteroatoms. The molecule has 1 aromatic carbocycles. The van der Waals surface area contributed by atoms with Crippen LogP contribution in [-0.4, -0.2) is 113 Å². The van der Waals surface area contributed by atoms with E-state index < -0.39 is 59.5 Å². The molecule has 2 heterocycles. The van der Waals surface area contributed by atoms with E-state index in [-0.39, 0.29) is 31.3 Å². The number of aliphatic hydroxyl groups excluding tert-OH is 1. The molecule has 3 rings (SSSR count). The molecule has 0 aromatic heterocycles. The van der Waals surface area contributed by atoms with Gasteiger partial charge in [0.1, 0.15) is 23.9 Å². The normalized spacial score (nSPS) is 16.3. The first-order valence-corrected chi connectivity index (χ1v) is 20.8. The summed E-state index contributed by atoms with van der Waals surface area (Å²) in [5, 5.41) is 17.7. The fraction of sp³-hybridized carbons (Fsp3) is 0.721. The zero-order valence-corrected chi connectivity index (χ0v) is 36.0. The smallest absolute Gasteiger partial charge is 0.410 e. The van der Waals surface area contributed by atoms with Crippen molar-refractivity contribution in [2.24, 2.45) is 17.8 Å². The third-order valence-corrected chi connectivity index (χ3v) is 10.3. The number of nitrogens with zero attached hydrogens (tertiary/aromatic N) is 2. The van der Waals surface area contributed by atoms with Gasteiger partial charge in [-0.2, -0.15) is 0 Å². The highest BCUT2D eigenvalue weighted by Gasteiger charge is 2.32. The van der Waals surface area contributed by atoms with Crippen molar-refractivity contribution in [3.8, 4) is 0 Å². The number of likely N-dealkylation sites (tertiary alicyclic amines) is 2. The summed E-state index contributed by atoms with van der Waals surface area (Å²) >= 11 is 0. The second-order valence-electron chi connectivity index (χ2n) is 18.4. The summed E-state index contributed by atoms with van der Waals surface area (Å²) in [6, 6.07) is 7.73. The number of amides is 5. The van der Waals surface area contributed by atoms with Crippen molar-refractivity contribution in [3.05, 3.63) is 35.9 Å². The van der Waals surface area contributed by atoms with E-state index in [0.717, 1.165) is 44.1 Å². The third kappa shape index (κ3) is 18.0. The van der Waals surface area contributed by atoms with Crippen molar-refractivity contribution < 1.29 is 48.1 Å². The van der Waals surface area contributed by atoms with Gasteiger partial charge in [-0.15, -0.1) is 0 Å². The first-order valence-electron chi connectivity index (χ1n) is 20.8. The molecule has 58 heavy (non-hydrogen) atoms. The Labute approximate surface area is 344 Å². The molecular formula is C43H69N5O10. The lowest BCUT2D eigenvalue weighted by atomic mass is 9.84. The van der Waals surface area contributed by atoms with Gasteiger partial charge in [-0.25, -0.2) is 9.59 Å². The molecule has 1 unspecified atom stereocenters. The fourth-order valence-corrected chi connectivity index (χ4v) is 6.93. The second kappa shape index (κ2) is 22.1. The lowest BCUT2D eigenvalue weighted by Gasteiger charge is -2.34. The monoisotopic (exact) mass is 816 g/mol. The van der Waals surface area contributed by atoms with Crippen LogP contribution in [-0.2, 0) is 40.0 Å². The number of aliphatic hydroxyl groups is 1. The van der Waals surface area contributed by atoms with E-state index in [1.54, 1.807) is 35.8 Å². The highest BCUT2D eigenvalue weighted by atomic mass is 16.6. The van der Waals surface area contributed by atoms with Gasteiger partial charge in [0.2, 0.25) is 17.7 Å². The number of hydrogen-bond donors (Lipinski definition) is 4. The molecule has 326 valence electrons. The summed E-state index contributed by atoms with van der Waals surface area (Å²) in [7, 11) is 0. The summed E-state index contributed by atoms with van der Waals surface area (Å²) in [4.78, 5) is 81.7. The Balaban J connectivity index is 1.61. The van der Waals surface area contributed by atoms with Crippen LogP contribution in [0.25, 0.3) is 0 Å². The van der Waals surface area contributed by atoms with E-state index in [1.807, 2.05) is 59.7 Å². The molecule has 5 amide bonds. The van der Waals surface area contributed by atoms with Gasteiger partial charge in [-0.3, -0.25) is 19.2 Å². The van der Waals surface area contributed by atoms with Gasteiger partial charge in [0.15, 0.2) is 0 Å². The summed E-state index contributed by atoms with van der Waals surface area (Å²) in [6.07, 6.45) is 4.82. The lowest BCUT2D eigenvalue weighted by molar-refractivity contribution is -0.147. The standard InChI is InChI=1S/C43H69N5O10/c1-41(2,3)57-39(54)47-22-18-30(19-23-47)14-16-33(17-15-31-20-24-48(25-21-31)40(55)58-42(4,5)6)37(52)44-27-35(50)45-34(38(53)46-43(7,8)29-49)26-36(51)56-28-32-12-10-9-11-13-32/h9-13,30-31,33-34,49H,14-29H2,1-8H3,(H,44,52)(H,45,50)(H,46,53).